The largest absolute Gasteiger partial charge is 0.368 e. The fourth-order valence-corrected chi connectivity index (χ4v) is 4.39. The van der Waals surface area contributed by atoms with Gasteiger partial charge in [-0.25, -0.2) is 4.39 Å². The van der Waals surface area contributed by atoms with Crippen LogP contribution in [0.2, 0.25) is 0 Å². The van der Waals surface area contributed by atoms with Crippen LogP contribution in [0.3, 0.4) is 0 Å². The van der Waals surface area contributed by atoms with Crippen molar-refractivity contribution in [3.8, 4) is 0 Å². The van der Waals surface area contributed by atoms with E-state index in [-0.39, 0.29) is 11.7 Å². The summed E-state index contributed by atoms with van der Waals surface area (Å²) in [5.41, 5.74) is 2.16. The number of rotatable bonds is 6. The van der Waals surface area contributed by atoms with Gasteiger partial charge in [0.05, 0.1) is 12.3 Å². The highest BCUT2D eigenvalue weighted by atomic mass is 32.2. The van der Waals surface area contributed by atoms with Crippen molar-refractivity contribution in [1.82, 2.24) is 19.7 Å². The van der Waals surface area contributed by atoms with Crippen LogP contribution in [-0.2, 0) is 11.3 Å². The molecule has 1 aromatic heterocycles. The number of piperazine rings is 1. The molecule has 0 bridgehead atoms. The van der Waals surface area contributed by atoms with Crippen molar-refractivity contribution in [2.24, 2.45) is 0 Å². The quantitative estimate of drug-likeness (QED) is 0.568. The van der Waals surface area contributed by atoms with Crippen molar-refractivity contribution in [2.75, 3.05) is 36.8 Å². The van der Waals surface area contributed by atoms with Crippen molar-refractivity contribution < 1.29 is 9.18 Å². The molecule has 0 spiro atoms. The van der Waals surface area contributed by atoms with E-state index in [1.165, 1.54) is 29.5 Å². The minimum atomic E-state index is -0.236. The maximum atomic E-state index is 13.1. The molecule has 0 aliphatic carbocycles. The summed E-state index contributed by atoms with van der Waals surface area (Å²) >= 11 is 1.43. The molecule has 2 aromatic carbocycles. The molecule has 0 N–H and O–H groups in total. The molecule has 3 aromatic rings. The van der Waals surface area contributed by atoms with Crippen LogP contribution in [0, 0.1) is 12.7 Å². The third-order valence-corrected chi connectivity index (χ3v) is 6.19. The second-order valence-electron chi connectivity index (χ2n) is 7.23. The molecule has 1 aliphatic heterocycles. The van der Waals surface area contributed by atoms with Gasteiger partial charge >= 0.3 is 0 Å². The standard InChI is InChI=1S/C22H24FN5OS/c1-17-24-25-22(28(17)15-18-5-3-2-4-6-18)30-16-21(29)27-13-11-26(12-14-27)20-9-7-19(23)8-10-20/h2-10H,11-16H2,1H3. The summed E-state index contributed by atoms with van der Waals surface area (Å²) in [5.74, 6) is 1.04. The summed E-state index contributed by atoms with van der Waals surface area (Å²) in [6.45, 7) is 5.42. The van der Waals surface area contributed by atoms with Crippen molar-refractivity contribution >= 4 is 23.4 Å². The fraction of sp³-hybridized carbons (Fsp3) is 0.318. The third-order valence-electron chi connectivity index (χ3n) is 5.23. The maximum absolute atomic E-state index is 13.1. The van der Waals surface area contributed by atoms with Gasteiger partial charge in [0, 0.05) is 31.9 Å². The first-order valence-corrected chi connectivity index (χ1v) is 10.9. The molecule has 8 heteroatoms. The molecule has 0 radical (unpaired) electrons. The van der Waals surface area contributed by atoms with Gasteiger partial charge in [0.15, 0.2) is 5.16 Å². The maximum Gasteiger partial charge on any atom is 0.233 e. The van der Waals surface area contributed by atoms with Gasteiger partial charge in [-0.1, -0.05) is 42.1 Å². The van der Waals surface area contributed by atoms with E-state index in [1.807, 2.05) is 34.6 Å². The highest BCUT2D eigenvalue weighted by Gasteiger charge is 2.22. The molecule has 30 heavy (non-hydrogen) atoms. The number of aryl methyl sites for hydroxylation is 1. The van der Waals surface area contributed by atoms with E-state index < -0.39 is 0 Å². The summed E-state index contributed by atoms with van der Waals surface area (Å²) in [5, 5.41) is 9.20. The summed E-state index contributed by atoms with van der Waals surface area (Å²) in [7, 11) is 0. The molecule has 1 saturated heterocycles. The molecule has 0 saturated carbocycles. The Bertz CT molecular complexity index is 985. The molecule has 156 valence electrons. The van der Waals surface area contributed by atoms with Crippen molar-refractivity contribution in [2.45, 2.75) is 18.6 Å². The number of carbonyl (C=O) groups is 1. The predicted octanol–water partition coefficient (Wildman–Crippen LogP) is 3.21. The Kier molecular flexibility index (Phi) is 6.32. The van der Waals surface area contributed by atoms with Gasteiger partial charge in [0.2, 0.25) is 5.91 Å². The van der Waals surface area contributed by atoms with Crippen molar-refractivity contribution in [3.05, 3.63) is 71.8 Å². The highest BCUT2D eigenvalue weighted by Crippen LogP contribution is 2.21. The van der Waals surface area contributed by atoms with Crippen LogP contribution in [0.4, 0.5) is 10.1 Å². The first-order chi connectivity index (χ1) is 14.6. The Balaban J connectivity index is 1.31. The van der Waals surface area contributed by atoms with E-state index in [0.717, 1.165) is 29.8 Å². The Labute approximate surface area is 179 Å². The van der Waals surface area contributed by atoms with Crippen LogP contribution in [0.5, 0.6) is 0 Å². The molecular weight excluding hydrogens is 401 g/mol. The van der Waals surface area contributed by atoms with E-state index in [4.69, 9.17) is 0 Å². The number of nitrogens with zero attached hydrogens (tertiary/aromatic N) is 5. The van der Waals surface area contributed by atoms with Crippen LogP contribution in [0.1, 0.15) is 11.4 Å². The normalized spacial score (nSPS) is 14.2. The van der Waals surface area contributed by atoms with Gasteiger partial charge in [-0.15, -0.1) is 10.2 Å². The average Bonchev–Trinajstić information content (AvgIpc) is 3.13. The van der Waals surface area contributed by atoms with Crippen molar-refractivity contribution in [3.63, 3.8) is 0 Å². The molecule has 0 atom stereocenters. The smallest absolute Gasteiger partial charge is 0.233 e. The summed E-state index contributed by atoms with van der Waals surface area (Å²) < 4.78 is 15.2. The molecule has 1 fully saturated rings. The van der Waals surface area contributed by atoms with Gasteiger partial charge < -0.3 is 14.4 Å². The Morgan fingerprint density at radius 3 is 2.40 bits per heavy atom. The zero-order valence-corrected chi connectivity index (χ0v) is 17.7. The topological polar surface area (TPSA) is 54.3 Å². The van der Waals surface area contributed by atoms with E-state index >= 15 is 0 Å². The molecule has 6 nitrogen and oxygen atoms in total. The van der Waals surface area contributed by atoms with Gasteiger partial charge in [-0.2, -0.15) is 0 Å². The molecular formula is C22H24FN5OS. The first-order valence-electron chi connectivity index (χ1n) is 9.95. The minimum absolute atomic E-state index is 0.102. The molecule has 0 unspecified atom stereocenters. The average molecular weight is 426 g/mol. The van der Waals surface area contributed by atoms with E-state index in [9.17, 15) is 9.18 Å². The van der Waals surface area contributed by atoms with E-state index in [1.54, 1.807) is 12.1 Å². The zero-order valence-electron chi connectivity index (χ0n) is 16.9. The fourth-order valence-electron chi connectivity index (χ4n) is 3.50. The summed E-state index contributed by atoms with van der Waals surface area (Å²) in [6.07, 6.45) is 0. The second-order valence-corrected chi connectivity index (χ2v) is 8.18. The molecule has 2 heterocycles. The van der Waals surface area contributed by atoms with Crippen LogP contribution in [0.25, 0.3) is 0 Å². The number of halogens is 1. The number of hydrogen-bond donors (Lipinski definition) is 0. The van der Waals surface area contributed by atoms with Crippen LogP contribution >= 0.6 is 11.8 Å². The molecule has 1 amide bonds. The lowest BCUT2D eigenvalue weighted by atomic mass is 10.2. The zero-order chi connectivity index (χ0) is 20.9. The number of amides is 1. The van der Waals surface area contributed by atoms with Gasteiger partial charge in [0.1, 0.15) is 11.6 Å². The second kappa shape index (κ2) is 9.30. The Morgan fingerprint density at radius 1 is 1.00 bits per heavy atom. The number of benzene rings is 2. The van der Waals surface area contributed by atoms with Crippen LogP contribution in [0.15, 0.2) is 59.8 Å². The van der Waals surface area contributed by atoms with Gasteiger partial charge in [-0.3, -0.25) is 4.79 Å². The number of hydrogen-bond acceptors (Lipinski definition) is 5. The van der Waals surface area contributed by atoms with Gasteiger partial charge in [0.25, 0.3) is 0 Å². The lowest BCUT2D eigenvalue weighted by molar-refractivity contribution is -0.128. The Morgan fingerprint density at radius 2 is 1.70 bits per heavy atom. The number of carbonyl (C=O) groups excluding carboxylic acids is 1. The monoisotopic (exact) mass is 425 g/mol. The predicted molar refractivity (Wildman–Crippen MR) is 116 cm³/mol. The van der Waals surface area contributed by atoms with Crippen molar-refractivity contribution in [1.29, 1.82) is 0 Å². The van der Waals surface area contributed by atoms with Crippen LogP contribution < -0.4 is 4.90 Å². The summed E-state index contributed by atoms with van der Waals surface area (Å²) in [4.78, 5) is 16.8. The molecule has 1 aliphatic rings. The number of anilines is 1. The Hall–Kier alpha value is -2.87. The third kappa shape index (κ3) is 4.81. The van der Waals surface area contributed by atoms with E-state index in [0.29, 0.717) is 25.4 Å². The van der Waals surface area contributed by atoms with E-state index in [2.05, 4.69) is 27.2 Å². The summed E-state index contributed by atoms with van der Waals surface area (Å²) in [6, 6.07) is 16.7. The van der Waals surface area contributed by atoms with Crippen LogP contribution in [-0.4, -0.2) is 57.5 Å². The minimum Gasteiger partial charge on any atom is -0.368 e. The lowest BCUT2D eigenvalue weighted by Gasteiger charge is -2.36. The number of aromatic nitrogens is 3. The lowest BCUT2D eigenvalue weighted by Crippen LogP contribution is -2.49. The van der Waals surface area contributed by atoms with Gasteiger partial charge in [-0.05, 0) is 36.8 Å². The molecule has 4 rings (SSSR count). The highest BCUT2D eigenvalue weighted by molar-refractivity contribution is 7.99. The first kappa shape index (κ1) is 20.4. The number of thioether (sulfide) groups is 1. The SMILES string of the molecule is Cc1nnc(SCC(=O)N2CCN(c3ccc(F)cc3)CC2)n1Cc1ccccc1.